The predicted octanol–water partition coefficient (Wildman–Crippen LogP) is 2.71. The summed E-state index contributed by atoms with van der Waals surface area (Å²) in [7, 11) is 0. The van der Waals surface area contributed by atoms with E-state index in [1.54, 1.807) is 4.90 Å². The monoisotopic (exact) mass is 203 g/mol. The summed E-state index contributed by atoms with van der Waals surface area (Å²) in [6, 6.07) is 9.90. The molecular formula is C12H13NO2. The molecule has 1 aromatic carbocycles. The molecule has 1 aliphatic rings. The fourth-order valence-electron chi connectivity index (χ4n) is 1.68. The molecule has 3 nitrogen and oxygen atoms in total. The van der Waals surface area contributed by atoms with E-state index in [-0.39, 0.29) is 12.1 Å². The summed E-state index contributed by atoms with van der Waals surface area (Å²) in [6.07, 6.45) is -0.309. The number of rotatable bonds is 2. The Morgan fingerprint density at radius 1 is 1.40 bits per heavy atom. The van der Waals surface area contributed by atoms with E-state index in [2.05, 4.69) is 6.58 Å². The quantitative estimate of drug-likeness (QED) is 0.739. The van der Waals surface area contributed by atoms with E-state index in [9.17, 15) is 4.79 Å². The number of carbonyl (C=O) groups is 1. The van der Waals surface area contributed by atoms with E-state index >= 15 is 0 Å². The van der Waals surface area contributed by atoms with Gasteiger partial charge in [-0.1, -0.05) is 36.9 Å². The van der Waals surface area contributed by atoms with Gasteiger partial charge in [-0.15, -0.1) is 0 Å². The van der Waals surface area contributed by atoms with Crippen LogP contribution in [0.15, 0.2) is 42.7 Å². The third kappa shape index (κ3) is 1.86. The van der Waals surface area contributed by atoms with Gasteiger partial charge in [-0.2, -0.15) is 0 Å². The van der Waals surface area contributed by atoms with Crippen molar-refractivity contribution in [3.05, 3.63) is 48.2 Å². The lowest BCUT2D eigenvalue weighted by Gasteiger charge is -2.21. The van der Waals surface area contributed by atoms with Gasteiger partial charge < -0.3 is 4.74 Å². The van der Waals surface area contributed by atoms with Gasteiger partial charge in [0.2, 0.25) is 0 Å². The van der Waals surface area contributed by atoms with Gasteiger partial charge in [-0.25, -0.2) is 4.79 Å². The number of benzene rings is 1. The molecule has 0 spiro atoms. The number of hydrogen-bond acceptors (Lipinski definition) is 2. The Hall–Kier alpha value is -1.77. The molecule has 0 radical (unpaired) electrons. The number of ether oxygens (including phenoxy) is 1. The normalized spacial score (nSPS) is 17.8. The van der Waals surface area contributed by atoms with Crippen molar-refractivity contribution in [2.75, 3.05) is 6.54 Å². The number of amides is 1. The Morgan fingerprint density at radius 3 is 2.60 bits per heavy atom. The van der Waals surface area contributed by atoms with E-state index in [0.717, 1.165) is 5.56 Å². The van der Waals surface area contributed by atoms with Crippen molar-refractivity contribution in [1.82, 2.24) is 4.90 Å². The van der Waals surface area contributed by atoms with Crippen LogP contribution in [0.25, 0.3) is 0 Å². The van der Waals surface area contributed by atoms with Crippen LogP contribution < -0.4 is 0 Å². The van der Waals surface area contributed by atoms with Crippen molar-refractivity contribution in [2.24, 2.45) is 0 Å². The van der Waals surface area contributed by atoms with E-state index in [4.69, 9.17) is 4.74 Å². The lowest BCUT2D eigenvalue weighted by Crippen LogP contribution is -2.27. The first-order chi connectivity index (χ1) is 7.18. The summed E-state index contributed by atoms with van der Waals surface area (Å²) >= 11 is 0. The number of cyclic esters (lactones) is 1. The van der Waals surface area contributed by atoms with Gasteiger partial charge in [0.1, 0.15) is 5.76 Å². The van der Waals surface area contributed by atoms with Gasteiger partial charge in [-0.05, 0) is 12.5 Å². The molecule has 0 bridgehead atoms. The van der Waals surface area contributed by atoms with Crippen molar-refractivity contribution in [1.29, 1.82) is 0 Å². The van der Waals surface area contributed by atoms with Crippen LogP contribution in [-0.4, -0.2) is 17.5 Å². The molecule has 3 heteroatoms. The maximum absolute atomic E-state index is 11.4. The molecule has 0 saturated carbocycles. The summed E-state index contributed by atoms with van der Waals surface area (Å²) in [5, 5.41) is 0. The van der Waals surface area contributed by atoms with Crippen molar-refractivity contribution in [2.45, 2.75) is 13.0 Å². The highest BCUT2D eigenvalue weighted by atomic mass is 16.6. The van der Waals surface area contributed by atoms with Crippen LogP contribution in [0.1, 0.15) is 18.5 Å². The highest BCUT2D eigenvalue weighted by Crippen LogP contribution is 2.25. The Balaban J connectivity index is 2.18. The second kappa shape index (κ2) is 3.77. The third-order valence-electron chi connectivity index (χ3n) is 2.56. The Morgan fingerprint density at radius 2 is 2.07 bits per heavy atom. The lowest BCUT2D eigenvalue weighted by atomic mass is 10.1. The molecule has 1 heterocycles. The minimum atomic E-state index is -0.309. The second-order valence-electron chi connectivity index (χ2n) is 3.62. The molecule has 1 unspecified atom stereocenters. The average molecular weight is 203 g/mol. The molecule has 1 saturated heterocycles. The topological polar surface area (TPSA) is 29.5 Å². The third-order valence-corrected chi connectivity index (χ3v) is 2.56. The Kier molecular flexibility index (Phi) is 2.46. The largest absolute Gasteiger partial charge is 0.415 e. The molecular weight excluding hydrogens is 190 g/mol. The van der Waals surface area contributed by atoms with E-state index < -0.39 is 0 Å². The molecule has 1 aliphatic heterocycles. The van der Waals surface area contributed by atoms with Crippen LogP contribution in [0.4, 0.5) is 4.79 Å². The molecule has 78 valence electrons. The first-order valence-corrected chi connectivity index (χ1v) is 4.89. The second-order valence-corrected chi connectivity index (χ2v) is 3.62. The first-order valence-electron chi connectivity index (χ1n) is 4.89. The molecule has 0 N–H and O–H groups in total. The predicted molar refractivity (Wildman–Crippen MR) is 57.2 cm³/mol. The molecule has 1 atom stereocenters. The summed E-state index contributed by atoms with van der Waals surface area (Å²) in [5.41, 5.74) is 1.10. The van der Waals surface area contributed by atoms with Crippen molar-refractivity contribution < 1.29 is 9.53 Å². The van der Waals surface area contributed by atoms with Crippen LogP contribution in [0.3, 0.4) is 0 Å². The SMILES string of the molecule is C=C1CN(C(C)c2ccccc2)C(=O)O1. The van der Waals surface area contributed by atoms with Crippen LogP contribution in [-0.2, 0) is 4.74 Å². The van der Waals surface area contributed by atoms with E-state index in [1.165, 1.54) is 0 Å². The van der Waals surface area contributed by atoms with Crippen LogP contribution in [0.2, 0.25) is 0 Å². The smallest absolute Gasteiger partial charge is 0.413 e. The van der Waals surface area contributed by atoms with Gasteiger partial charge in [0.05, 0.1) is 12.6 Å². The molecule has 1 aromatic rings. The zero-order valence-corrected chi connectivity index (χ0v) is 8.64. The first kappa shape index (κ1) is 9.77. The summed E-state index contributed by atoms with van der Waals surface area (Å²) < 4.78 is 4.91. The molecule has 1 fully saturated rings. The standard InChI is InChI=1S/C12H13NO2/c1-9-8-13(12(14)15-9)10(2)11-6-4-3-5-7-11/h3-7,10H,1,8H2,2H3. The Bertz CT molecular complexity index is 386. The highest BCUT2D eigenvalue weighted by Gasteiger charge is 2.30. The molecule has 0 aliphatic carbocycles. The summed E-state index contributed by atoms with van der Waals surface area (Å²) in [4.78, 5) is 13.1. The minimum absolute atomic E-state index is 0.0259. The van der Waals surface area contributed by atoms with Crippen LogP contribution >= 0.6 is 0 Å². The summed E-state index contributed by atoms with van der Waals surface area (Å²) in [5.74, 6) is 0.516. The van der Waals surface area contributed by atoms with Crippen LogP contribution in [0, 0.1) is 0 Å². The highest BCUT2D eigenvalue weighted by molar-refractivity contribution is 5.72. The van der Waals surface area contributed by atoms with Gasteiger partial charge >= 0.3 is 6.09 Å². The average Bonchev–Trinajstić information content (AvgIpc) is 2.58. The lowest BCUT2D eigenvalue weighted by molar-refractivity contribution is 0.158. The zero-order chi connectivity index (χ0) is 10.8. The Labute approximate surface area is 89.0 Å². The number of nitrogens with zero attached hydrogens (tertiary/aromatic N) is 1. The minimum Gasteiger partial charge on any atom is -0.413 e. The zero-order valence-electron chi connectivity index (χ0n) is 8.64. The number of carbonyl (C=O) groups excluding carboxylic acids is 1. The van der Waals surface area contributed by atoms with Crippen molar-refractivity contribution >= 4 is 6.09 Å². The van der Waals surface area contributed by atoms with E-state index in [0.29, 0.717) is 12.3 Å². The molecule has 0 aromatic heterocycles. The molecule has 15 heavy (non-hydrogen) atoms. The van der Waals surface area contributed by atoms with Gasteiger partial charge in [0, 0.05) is 0 Å². The number of hydrogen-bond donors (Lipinski definition) is 0. The van der Waals surface area contributed by atoms with Crippen molar-refractivity contribution in [3.63, 3.8) is 0 Å². The maximum Gasteiger partial charge on any atom is 0.415 e. The van der Waals surface area contributed by atoms with Crippen molar-refractivity contribution in [3.8, 4) is 0 Å². The maximum atomic E-state index is 11.4. The fraction of sp³-hybridized carbons (Fsp3) is 0.250. The van der Waals surface area contributed by atoms with Crippen LogP contribution in [0.5, 0.6) is 0 Å². The van der Waals surface area contributed by atoms with E-state index in [1.807, 2.05) is 37.3 Å². The molecule has 1 amide bonds. The summed E-state index contributed by atoms with van der Waals surface area (Å²) in [6.45, 7) is 6.11. The molecule has 2 rings (SSSR count). The van der Waals surface area contributed by atoms with Gasteiger partial charge in [0.15, 0.2) is 0 Å². The van der Waals surface area contributed by atoms with Gasteiger partial charge in [-0.3, -0.25) is 4.90 Å². The fourth-order valence-corrected chi connectivity index (χ4v) is 1.68. The van der Waals surface area contributed by atoms with Gasteiger partial charge in [0.25, 0.3) is 0 Å².